The molecule has 0 unspecified atom stereocenters. The fourth-order valence-electron chi connectivity index (χ4n) is 3.04. The highest BCUT2D eigenvalue weighted by Gasteiger charge is 2.18. The standard InChI is InChI=1S/C23H25NO2/c1-4-16(2)19-12-7-8-14-21(19)24-23(25)17(3)26-22-15-9-11-18-10-5-6-13-20(18)22/h5-17H,4H2,1-3H3,(H,24,25)/t16-,17+/m1/s1. The van der Waals surface area contributed by atoms with Crippen molar-refractivity contribution in [2.45, 2.75) is 39.2 Å². The largest absolute Gasteiger partial charge is 0.480 e. The average molecular weight is 347 g/mol. The van der Waals surface area contributed by atoms with Crippen LogP contribution in [0.5, 0.6) is 5.75 Å². The number of ether oxygens (including phenoxy) is 1. The molecule has 0 spiro atoms. The summed E-state index contributed by atoms with van der Waals surface area (Å²) in [6, 6.07) is 21.9. The summed E-state index contributed by atoms with van der Waals surface area (Å²) in [4.78, 5) is 12.7. The van der Waals surface area contributed by atoms with Gasteiger partial charge in [-0.15, -0.1) is 0 Å². The van der Waals surface area contributed by atoms with Crippen molar-refractivity contribution in [3.63, 3.8) is 0 Å². The van der Waals surface area contributed by atoms with E-state index in [9.17, 15) is 4.79 Å². The number of fused-ring (bicyclic) bond motifs is 1. The van der Waals surface area contributed by atoms with Gasteiger partial charge in [0.05, 0.1) is 0 Å². The molecule has 0 bridgehead atoms. The van der Waals surface area contributed by atoms with E-state index in [2.05, 4.69) is 25.2 Å². The molecule has 3 heteroatoms. The van der Waals surface area contributed by atoms with Gasteiger partial charge >= 0.3 is 0 Å². The summed E-state index contributed by atoms with van der Waals surface area (Å²) >= 11 is 0. The Morgan fingerprint density at radius 1 is 0.962 bits per heavy atom. The molecule has 2 atom stereocenters. The normalized spacial score (nSPS) is 13.2. The number of carbonyl (C=O) groups is 1. The van der Waals surface area contributed by atoms with Crippen molar-refractivity contribution < 1.29 is 9.53 Å². The SMILES string of the molecule is CC[C@@H](C)c1ccccc1NC(=O)[C@H](C)Oc1cccc2ccccc12. The van der Waals surface area contributed by atoms with Gasteiger partial charge in [0, 0.05) is 11.1 Å². The van der Waals surface area contributed by atoms with E-state index in [0.29, 0.717) is 5.92 Å². The van der Waals surface area contributed by atoms with Crippen LogP contribution in [0.15, 0.2) is 66.7 Å². The van der Waals surface area contributed by atoms with Gasteiger partial charge in [-0.3, -0.25) is 4.79 Å². The summed E-state index contributed by atoms with van der Waals surface area (Å²) in [7, 11) is 0. The van der Waals surface area contributed by atoms with E-state index >= 15 is 0 Å². The van der Waals surface area contributed by atoms with E-state index in [1.807, 2.05) is 60.7 Å². The minimum Gasteiger partial charge on any atom is -0.480 e. The summed E-state index contributed by atoms with van der Waals surface area (Å²) in [5, 5.41) is 5.14. The number of amides is 1. The van der Waals surface area contributed by atoms with Crippen LogP contribution in [0.1, 0.15) is 38.7 Å². The van der Waals surface area contributed by atoms with E-state index in [4.69, 9.17) is 4.74 Å². The van der Waals surface area contributed by atoms with Gasteiger partial charge in [-0.25, -0.2) is 0 Å². The lowest BCUT2D eigenvalue weighted by Gasteiger charge is -2.19. The maximum atomic E-state index is 12.7. The molecule has 0 saturated heterocycles. The Labute approximate surface area is 155 Å². The Kier molecular flexibility index (Phi) is 5.57. The maximum absolute atomic E-state index is 12.7. The summed E-state index contributed by atoms with van der Waals surface area (Å²) in [5.74, 6) is 0.968. The summed E-state index contributed by atoms with van der Waals surface area (Å²) in [5.41, 5.74) is 2.01. The molecule has 0 aliphatic rings. The Balaban J connectivity index is 1.77. The van der Waals surface area contributed by atoms with Gasteiger partial charge in [0.1, 0.15) is 5.75 Å². The van der Waals surface area contributed by atoms with Gasteiger partial charge in [0.15, 0.2) is 6.10 Å². The first-order valence-electron chi connectivity index (χ1n) is 9.14. The maximum Gasteiger partial charge on any atom is 0.265 e. The fraction of sp³-hybridized carbons (Fsp3) is 0.261. The molecule has 26 heavy (non-hydrogen) atoms. The zero-order valence-electron chi connectivity index (χ0n) is 15.5. The molecule has 3 nitrogen and oxygen atoms in total. The number of anilines is 1. The third-order valence-corrected chi connectivity index (χ3v) is 4.78. The van der Waals surface area contributed by atoms with Gasteiger partial charge in [-0.1, -0.05) is 68.4 Å². The highest BCUT2D eigenvalue weighted by Crippen LogP contribution is 2.28. The topological polar surface area (TPSA) is 38.3 Å². The van der Waals surface area contributed by atoms with Crippen LogP contribution in [-0.2, 0) is 4.79 Å². The molecular formula is C23H25NO2. The van der Waals surface area contributed by atoms with E-state index in [1.54, 1.807) is 6.92 Å². The Morgan fingerprint density at radius 3 is 2.46 bits per heavy atom. The van der Waals surface area contributed by atoms with E-state index in [1.165, 1.54) is 0 Å². The van der Waals surface area contributed by atoms with Crippen molar-refractivity contribution in [3.05, 3.63) is 72.3 Å². The molecule has 0 fully saturated rings. The molecule has 0 aromatic heterocycles. The molecule has 0 aliphatic heterocycles. The third kappa shape index (κ3) is 3.88. The van der Waals surface area contributed by atoms with Crippen LogP contribution in [0.4, 0.5) is 5.69 Å². The molecule has 3 aromatic rings. The van der Waals surface area contributed by atoms with Gasteiger partial charge in [-0.05, 0) is 42.3 Å². The Hall–Kier alpha value is -2.81. The van der Waals surface area contributed by atoms with Crippen LogP contribution < -0.4 is 10.1 Å². The smallest absolute Gasteiger partial charge is 0.265 e. The first-order chi connectivity index (χ1) is 12.6. The van der Waals surface area contributed by atoms with Crippen molar-refractivity contribution in [2.24, 2.45) is 0 Å². The highest BCUT2D eigenvalue weighted by atomic mass is 16.5. The zero-order chi connectivity index (χ0) is 18.5. The van der Waals surface area contributed by atoms with Crippen LogP contribution in [0.2, 0.25) is 0 Å². The average Bonchev–Trinajstić information content (AvgIpc) is 2.68. The number of nitrogens with one attached hydrogen (secondary N) is 1. The minimum atomic E-state index is -0.592. The quantitative estimate of drug-likeness (QED) is 0.616. The van der Waals surface area contributed by atoms with Crippen molar-refractivity contribution in [2.75, 3.05) is 5.32 Å². The summed E-state index contributed by atoms with van der Waals surface area (Å²) in [6.45, 7) is 6.10. The first kappa shape index (κ1) is 18.0. The molecule has 3 aromatic carbocycles. The van der Waals surface area contributed by atoms with E-state index < -0.39 is 6.10 Å². The second kappa shape index (κ2) is 8.05. The monoisotopic (exact) mass is 347 g/mol. The predicted molar refractivity (Wildman–Crippen MR) is 108 cm³/mol. The predicted octanol–water partition coefficient (Wildman–Crippen LogP) is 5.76. The van der Waals surface area contributed by atoms with Crippen molar-refractivity contribution >= 4 is 22.4 Å². The van der Waals surface area contributed by atoms with E-state index in [0.717, 1.165) is 34.2 Å². The summed E-state index contributed by atoms with van der Waals surface area (Å²) in [6.07, 6.45) is 0.431. The Bertz CT molecular complexity index is 898. The lowest BCUT2D eigenvalue weighted by atomic mass is 9.97. The number of benzene rings is 3. The molecule has 134 valence electrons. The first-order valence-corrected chi connectivity index (χ1v) is 9.14. The number of rotatable bonds is 6. The molecule has 0 radical (unpaired) electrons. The van der Waals surface area contributed by atoms with Crippen LogP contribution in [-0.4, -0.2) is 12.0 Å². The van der Waals surface area contributed by atoms with Crippen molar-refractivity contribution in [1.29, 1.82) is 0 Å². The molecule has 1 N–H and O–H groups in total. The molecule has 0 aliphatic carbocycles. The number of hydrogen-bond acceptors (Lipinski definition) is 2. The number of hydrogen-bond donors (Lipinski definition) is 1. The second-order valence-electron chi connectivity index (χ2n) is 6.62. The fourth-order valence-corrected chi connectivity index (χ4v) is 3.04. The van der Waals surface area contributed by atoms with Gasteiger partial charge < -0.3 is 10.1 Å². The third-order valence-electron chi connectivity index (χ3n) is 4.78. The minimum absolute atomic E-state index is 0.145. The lowest BCUT2D eigenvalue weighted by molar-refractivity contribution is -0.122. The van der Waals surface area contributed by atoms with Crippen LogP contribution in [0, 0.1) is 0 Å². The highest BCUT2D eigenvalue weighted by molar-refractivity contribution is 5.95. The number of para-hydroxylation sites is 1. The second-order valence-corrected chi connectivity index (χ2v) is 6.62. The van der Waals surface area contributed by atoms with Crippen LogP contribution >= 0.6 is 0 Å². The summed E-state index contributed by atoms with van der Waals surface area (Å²) < 4.78 is 5.98. The molecule has 3 rings (SSSR count). The number of carbonyl (C=O) groups excluding carboxylic acids is 1. The van der Waals surface area contributed by atoms with Crippen LogP contribution in [0.25, 0.3) is 10.8 Å². The zero-order valence-corrected chi connectivity index (χ0v) is 15.5. The van der Waals surface area contributed by atoms with Crippen molar-refractivity contribution in [1.82, 2.24) is 0 Å². The molecule has 0 heterocycles. The van der Waals surface area contributed by atoms with Gasteiger partial charge in [0.25, 0.3) is 5.91 Å². The van der Waals surface area contributed by atoms with Crippen molar-refractivity contribution in [3.8, 4) is 5.75 Å². The lowest BCUT2D eigenvalue weighted by Crippen LogP contribution is -2.30. The van der Waals surface area contributed by atoms with Gasteiger partial charge in [-0.2, -0.15) is 0 Å². The molecule has 0 saturated carbocycles. The van der Waals surface area contributed by atoms with Crippen LogP contribution in [0.3, 0.4) is 0 Å². The Morgan fingerprint density at radius 2 is 1.65 bits per heavy atom. The van der Waals surface area contributed by atoms with E-state index in [-0.39, 0.29) is 5.91 Å². The van der Waals surface area contributed by atoms with Gasteiger partial charge in [0.2, 0.25) is 0 Å². The molecular weight excluding hydrogens is 322 g/mol. The molecule has 1 amide bonds.